The lowest BCUT2D eigenvalue weighted by Gasteiger charge is -2.04. The van der Waals surface area contributed by atoms with Gasteiger partial charge in [-0.05, 0) is 6.42 Å². The van der Waals surface area contributed by atoms with Crippen molar-refractivity contribution in [1.82, 2.24) is 20.1 Å². The fraction of sp³-hybridized carbons (Fsp3) is 0.545. The first-order valence-corrected chi connectivity index (χ1v) is 5.77. The van der Waals surface area contributed by atoms with Crippen molar-refractivity contribution in [1.29, 1.82) is 0 Å². The highest BCUT2D eigenvalue weighted by molar-refractivity contribution is 5.03. The van der Waals surface area contributed by atoms with Gasteiger partial charge in [0, 0.05) is 24.2 Å². The minimum absolute atomic E-state index is 0.291. The molecule has 0 aromatic carbocycles. The number of hydrogen-bond acceptors (Lipinski definition) is 5. The molecule has 0 spiro atoms. The SMILES string of the molecule is CCC(C)c1noc(C(N)Cc2cnc[nH]2)n1. The van der Waals surface area contributed by atoms with Gasteiger partial charge in [0.1, 0.15) is 0 Å². The molecule has 92 valence electrons. The highest BCUT2D eigenvalue weighted by Gasteiger charge is 2.18. The lowest BCUT2D eigenvalue weighted by molar-refractivity contribution is 0.347. The molecule has 0 aliphatic rings. The molecule has 2 aromatic rings. The number of rotatable bonds is 5. The molecular formula is C11H17N5O. The second-order valence-electron chi connectivity index (χ2n) is 4.19. The van der Waals surface area contributed by atoms with Crippen LogP contribution in [0.15, 0.2) is 17.0 Å². The molecule has 0 radical (unpaired) electrons. The lowest BCUT2D eigenvalue weighted by atomic mass is 10.1. The molecule has 3 N–H and O–H groups in total. The highest BCUT2D eigenvalue weighted by Crippen LogP contribution is 2.18. The molecule has 0 fully saturated rings. The van der Waals surface area contributed by atoms with Crippen LogP contribution in [0.4, 0.5) is 0 Å². The molecule has 2 unspecified atom stereocenters. The number of H-pyrrole nitrogens is 1. The monoisotopic (exact) mass is 235 g/mol. The summed E-state index contributed by atoms with van der Waals surface area (Å²) in [6, 6.07) is -0.291. The van der Waals surface area contributed by atoms with Crippen LogP contribution < -0.4 is 5.73 Å². The Morgan fingerprint density at radius 2 is 2.35 bits per heavy atom. The number of hydrogen-bond donors (Lipinski definition) is 2. The first kappa shape index (κ1) is 11.8. The molecule has 6 nitrogen and oxygen atoms in total. The van der Waals surface area contributed by atoms with Crippen molar-refractivity contribution >= 4 is 0 Å². The maximum atomic E-state index is 6.00. The van der Waals surface area contributed by atoms with Crippen LogP contribution in [0.25, 0.3) is 0 Å². The predicted molar refractivity (Wildman–Crippen MR) is 62.2 cm³/mol. The molecule has 0 bridgehead atoms. The van der Waals surface area contributed by atoms with Gasteiger partial charge in [0.25, 0.3) is 0 Å². The van der Waals surface area contributed by atoms with Gasteiger partial charge in [-0.2, -0.15) is 4.98 Å². The maximum absolute atomic E-state index is 6.00. The summed E-state index contributed by atoms with van der Waals surface area (Å²) in [5.74, 6) is 1.50. The maximum Gasteiger partial charge on any atom is 0.243 e. The Morgan fingerprint density at radius 3 is 3.00 bits per heavy atom. The first-order valence-electron chi connectivity index (χ1n) is 5.77. The summed E-state index contributed by atoms with van der Waals surface area (Å²) in [6.07, 6.45) is 4.96. The summed E-state index contributed by atoms with van der Waals surface area (Å²) in [4.78, 5) is 11.3. The van der Waals surface area contributed by atoms with Crippen LogP contribution in [-0.2, 0) is 6.42 Å². The summed E-state index contributed by atoms with van der Waals surface area (Å²) in [7, 11) is 0. The molecule has 0 saturated carbocycles. The van der Waals surface area contributed by atoms with Gasteiger partial charge in [-0.1, -0.05) is 19.0 Å². The molecule has 2 aromatic heterocycles. The zero-order chi connectivity index (χ0) is 12.3. The second kappa shape index (κ2) is 5.09. The van der Waals surface area contributed by atoms with Crippen LogP contribution in [0.5, 0.6) is 0 Å². The van der Waals surface area contributed by atoms with Gasteiger partial charge in [-0.15, -0.1) is 0 Å². The van der Waals surface area contributed by atoms with Crippen molar-refractivity contribution < 1.29 is 4.52 Å². The predicted octanol–water partition coefficient (Wildman–Crippen LogP) is 1.55. The van der Waals surface area contributed by atoms with Gasteiger partial charge < -0.3 is 15.2 Å². The van der Waals surface area contributed by atoms with Gasteiger partial charge in [0.2, 0.25) is 5.89 Å². The molecule has 0 amide bonds. The van der Waals surface area contributed by atoms with Gasteiger partial charge in [0.05, 0.1) is 12.4 Å². The number of nitrogens with zero attached hydrogens (tertiary/aromatic N) is 3. The second-order valence-corrected chi connectivity index (χ2v) is 4.19. The fourth-order valence-corrected chi connectivity index (χ4v) is 1.50. The van der Waals surface area contributed by atoms with Crippen LogP contribution >= 0.6 is 0 Å². The van der Waals surface area contributed by atoms with Crippen LogP contribution in [0, 0.1) is 0 Å². The average molecular weight is 235 g/mol. The third-order valence-electron chi connectivity index (χ3n) is 2.82. The number of nitrogens with one attached hydrogen (secondary N) is 1. The van der Waals surface area contributed by atoms with Crippen molar-refractivity contribution in [2.24, 2.45) is 5.73 Å². The number of aromatic amines is 1. The molecule has 2 rings (SSSR count). The molecule has 0 aliphatic carbocycles. The normalized spacial score (nSPS) is 14.8. The molecule has 0 saturated heterocycles. The minimum atomic E-state index is -0.291. The summed E-state index contributed by atoms with van der Waals surface area (Å²) < 4.78 is 5.18. The third-order valence-corrected chi connectivity index (χ3v) is 2.82. The van der Waals surface area contributed by atoms with E-state index in [0.29, 0.717) is 18.2 Å². The quantitative estimate of drug-likeness (QED) is 0.820. The van der Waals surface area contributed by atoms with E-state index in [4.69, 9.17) is 10.3 Å². The topological polar surface area (TPSA) is 93.6 Å². The van der Waals surface area contributed by atoms with Crippen LogP contribution in [0.3, 0.4) is 0 Å². The van der Waals surface area contributed by atoms with Crippen LogP contribution in [0.2, 0.25) is 0 Å². The molecule has 6 heteroatoms. The Hall–Kier alpha value is -1.69. The van der Waals surface area contributed by atoms with E-state index in [1.807, 2.05) is 0 Å². The fourth-order valence-electron chi connectivity index (χ4n) is 1.50. The lowest BCUT2D eigenvalue weighted by Crippen LogP contribution is -2.14. The van der Waals surface area contributed by atoms with E-state index in [9.17, 15) is 0 Å². The van der Waals surface area contributed by atoms with Gasteiger partial charge in [-0.25, -0.2) is 4.98 Å². The Kier molecular flexibility index (Phi) is 3.53. The zero-order valence-electron chi connectivity index (χ0n) is 10.1. The summed E-state index contributed by atoms with van der Waals surface area (Å²) >= 11 is 0. The average Bonchev–Trinajstić information content (AvgIpc) is 2.98. The Labute approximate surface area is 99.6 Å². The Bertz CT molecular complexity index is 450. The number of aromatic nitrogens is 4. The van der Waals surface area contributed by atoms with E-state index in [2.05, 4.69) is 34.0 Å². The van der Waals surface area contributed by atoms with Crippen LogP contribution in [-0.4, -0.2) is 20.1 Å². The molecule has 2 heterocycles. The van der Waals surface area contributed by atoms with E-state index in [1.54, 1.807) is 12.5 Å². The Morgan fingerprint density at radius 1 is 1.53 bits per heavy atom. The van der Waals surface area contributed by atoms with Crippen molar-refractivity contribution in [3.8, 4) is 0 Å². The van der Waals surface area contributed by atoms with E-state index >= 15 is 0 Å². The largest absolute Gasteiger partial charge is 0.348 e. The number of imidazole rings is 1. The molecule has 17 heavy (non-hydrogen) atoms. The standard InChI is InChI=1S/C11H17N5O/c1-3-7(2)10-15-11(17-16-10)9(12)4-8-5-13-6-14-8/h5-7,9H,3-4,12H2,1-2H3,(H,13,14). The summed E-state index contributed by atoms with van der Waals surface area (Å²) in [5, 5.41) is 3.95. The number of nitrogens with two attached hydrogens (primary N) is 1. The third kappa shape index (κ3) is 2.71. The highest BCUT2D eigenvalue weighted by atomic mass is 16.5. The van der Waals surface area contributed by atoms with Crippen molar-refractivity contribution in [2.75, 3.05) is 0 Å². The van der Waals surface area contributed by atoms with Gasteiger partial charge in [-0.3, -0.25) is 0 Å². The molecular weight excluding hydrogens is 218 g/mol. The van der Waals surface area contributed by atoms with E-state index in [0.717, 1.165) is 17.9 Å². The summed E-state index contributed by atoms with van der Waals surface area (Å²) in [6.45, 7) is 4.15. The van der Waals surface area contributed by atoms with Crippen LogP contribution in [0.1, 0.15) is 49.6 Å². The van der Waals surface area contributed by atoms with Crippen molar-refractivity contribution in [2.45, 2.75) is 38.6 Å². The molecule has 0 aliphatic heterocycles. The smallest absolute Gasteiger partial charge is 0.243 e. The summed E-state index contributed by atoms with van der Waals surface area (Å²) in [5.41, 5.74) is 6.96. The van der Waals surface area contributed by atoms with Crippen molar-refractivity contribution in [3.63, 3.8) is 0 Å². The van der Waals surface area contributed by atoms with Crippen molar-refractivity contribution in [3.05, 3.63) is 29.9 Å². The van der Waals surface area contributed by atoms with E-state index in [1.165, 1.54) is 0 Å². The first-order chi connectivity index (χ1) is 8.20. The van der Waals surface area contributed by atoms with Gasteiger partial charge >= 0.3 is 0 Å². The van der Waals surface area contributed by atoms with E-state index < -0.39 is 0 Å². The minimum Gasteiger partial charge on any atom is -0.348 e. The Balaban J connectivity index is 2.04. The zero-order valence-corrected chi connectivity index (χ0v) is 10.1. The van der Waals surface area contributed by atoms with Gasteiger partial charge in [0.15, 0.2) is 5.82 Å². The van der Waals surface area contributed by atoms with E-state index in [-0.39, 0.29) is 6.04 Å². The molecule has 2 atom stereocenters.